The van der Waals surface area contributed by atoms with Crippen LogP contribution in [0, 0.1) is 10.1 Å². The van der Waals surface area contributed by atoms with Crippen molar-refractivity contribution in [1.29, 1.82) is 0 Å². The van der Waals surface area contributed by atoms with Gasteiger partial charge in [0.1, 0.15) is 41.9 Å². The minimum Gasteiger partial charge on any atom is -0.778 e. The number of hydrogen-bond donors (Lipinski definition) is 5. The molecule has 28 heteroatoms. The summed E-state index contributed by atoms with van der Waals surface area (Å²) in [5, 5.41) is 24.5. The average Bonchev–Trinajstić information content (AvgIpc) is 3.23. The Morgan fingerprint density at radius 2 is 1.52 bits per heavy atom. The fourth-order valence-corrected chi connectivity index (χ4v) is 6.91. The average molecular weight is 1080 g/mol. The van der Waals surface area contributed by atoms with Crippen LogP contribution >= 0.6 is 19.2 Å². The number of sulfonamides is 1. The third-order valence-corrected chi connectivity index (χ3v) is 10.3. The molecule has 5 rings (SSSR count). The number of benzene rings is 4. The van der Waals surface area contributed by atoms with E-state index in [1.54, 1.807) is 36.1 Å². The zero-order chi connectivity index (χ0) is 54.3. The van der Waals surface area contributed by atoms with Gasteiger partial charge in [-0.2, -0.15) is 13.2 Å². The first-order valence-corrected chi connectivity index (χ1v) is 26.6. The van der Waals surface area contributed by atoms with Crippen molar-refractivity contribution in [3.8, 4) is 28.7 Å². The smallest absolute Gasteiger partial charge is 0.416 e. The van der Waals surface area contributed by atoms with Crippen LogP contribution in [0.3, 0.4) is 0 Å². The van der Waals surface area contributed by atoms with Crippen LogP contribution < -0.4 is 34.5 Å². The van der Waals surface area contributed by atoms with Crippen molar-refractivity contribution in [2.45, 2.75) is 44.6 Å². The second-order valence-corrected chi connectivity index (χ2v) is 22.3. The van der Waals surface area contributed by atoms with Gasteiger partial charge in [-0.05, 0) is 70.9 Å². The van der Waals surface area contributed by atoms with Gasteiger partial charge in [0, 0.05) is 57.0 Å². The Bertz CT molecular complexity index is 2660. The number of amides is 3. The summed E-state index contributed by atoms with van der Waals surface area (Å²) in [6.07, 6.45) is 2.69. The van der Waals surface area contributed by atoms with Crippen molar-refractivity contribution in [1.82, 2.24) is 15.1 Å². The number of nitrogens with zero attached hydrogens (tertiary/aromatic N) is 2. The predicted octanol–water partition coefficient (Wildman–Crippen LogP) is 7.33. The number of anilines is 1. The lowest BCUT2D eigenvalue weighted by Crippen LogP contribution is -2.45. The van der Waals surface area contributed by atoms with Gasteiger partial charge in [0.2, 0.25) is 15.8 Å². The summed E-state index contributed by atoms with van der Waals surface area (Å²) in [6.45, 7) is 5.83. The molecular weight excluding hydrogens is 1030 g/mol. The molecule has 0 radical (unpaired) electrons. The molecule has 0 saturated carbocycles. The number of nitro benzene ring substituents is 1. The molecule has 1 aliphatic rings. The Morgan fingerprint density at radius 1 is 0.958 bits per heavy atom. The third-order valence-electron chi connectivity index (χ3n) is 8.87. The molecule has 0 saturated heterocycles. The van der Waals surface area contributed by atoms with Gasteiger partial charge in [0.05, 0.1) is 60.5 Å². The number of ether oxygens (including phenoxy) is 4. The first-order chi connectivity index (χ1) is 32.6. The number of aliphatic carboxylic acids is 1. The number of halogens is 4. The Morgan fingerprint density at radius 3 is 2.01 bits per heavy atom. The van der Waals surface area contributed by atoms with E-state index in [1.165, 1.54) is 14.2 Å². The minimum atomic E-state index is -4.62. The van der Waals surface area contributed by atoms with Crippen molar-refractivity contribution in [2.75, 3.05) is 64.4 Å². The maximum Gasteiger partial charge on any atom is 0.416 e. The second-order valence-electron chi connectivity index (χ2n) is 16.1. The summed E-state index contributed by atoms with van der Waals surface area (Å²) in [6, 6.07) is 17.7. The van der Waals surface area contributed by atoms with Gasteiger partial charge in [0.25, 0.3) is 11.6 Å². The summed E-state index contributed by atoms with van der Waals surface area (Å²) in [7, 11) is -3.10. The summed E-state index contributed by atoms with van der Waals surface area (Å²) in [5.74, 6) is -1.46. The molecule has 0 bridgehead atoms. The molecule has 2 atom stereocenters. The number of fused-ring (bicyclic) bond motifs is 1. The Balaban J connectivity index is 0.000000385. The zero-order valence-corrected chi connectivity index (χ0v) is 43.2. The van der Waals surface area contributed by atoms with Gasteiger partial charge in [0.15, 0.2) is 0 Å². The van der Waals surface area contributed by atoms with Crippen LogP contribution in [0.5, 0.6) is 28.7 Å². The summed E-state index contributed by atoms with van der Waals surface area (Å²) in [5.41, 5.74) is -0.659. The van der Waals surface area contributed by atoms with Crippen molar-refractivity contribution in [3.63, 3.8) is 0 Å². The summed E-state index contributed by atoms with van der Waals surface area (Å²) < 4.78 is 94.9. The molecule has 4 aromatic rings. The molecule has 0 aliphatic carbocycles. The largest absolute Gasteiger partial charge is 0.778 e. The monoisotopic (exact) mass is 1080 g/mol. The number of carbonyl (C=O) groups excluding carboxylic acids is 2. The van der Waals surface area contributed by atoms with E-state index >= 15 is 0 Å². The van der Waals surface area contributed by atoms with E-state index in [1.807, 2.05) is 30.4 Å². The van der Waals surface area contributed by atoms with Gasteiger partial charge in [-0.1, -0.05) is 31.5 Å². The van der Waals surface area contributed by atoms with E-state index in [0.29, 0.717) is 46.5 Å². The first kappa shape index (κ1) is 61.4. The number of carboxylic acids is 1. The maximum atomic E-state index is 12.7. The highest BCUT2D eigenvalue weighted by Crippen LogP contribution is 2.46. The van der Waals surface area contributed by atoms with Crippen LogP contribution in [0.1, 0.15) is 48.7 Å². The Kier molecular flexibility index (Phi) is 22.6. The number of nitrogens with one attached hydrogen (secondary N) is 3. The van der Waals surface area contributed by atoms with Crippen LogP contribution in [0.15, 0.2) is 78.9 Å². The predicted molar refractivity (Wildman–Crippen MR) is 258 cm³/mol. The number of hydrogen-bond acceptors (Lipinski definition) is 15. The van der Waals surface area contributed by atoms with Crippen molar-refractivity contribution >= 4 is 69.4 Å². The zero-order valence-electron chi connectivity index (χ0n) is 39.9. The minimum absolute atomic E-state index is 0.0773. The standard InChI is InChI=1S/C22H28N2O5.C15H10ClF3N2O6S.C3H8NO5P.C3H9S/c1-21(2)14-22(3,26-5)29-19-13-17(11-12-18(19)21)28-16-9-7-15(8-10-16)23-20(25)24(4)27-6;1-28(25,26)20-14(22)10-7-9(3-4-12(10)21(23)24)27-13-5-2-8(6-11(13)16)15(17,18)19;5-3(6)1-4-2-10(7,8)9;1-4(2)3/h7-13H,14H2,1-6H3,(H,23,25);2-7H,1H3,(H,20,22);4H,1-2H2,(H,5,6)(H2,7,8,9);1-3H3/q;;;+1/p-1. The number of carbonyl (C=O) groups is 3. The summed E-state index contributed by atoms with van der Waals surface area (Å²) in [4.78, 5) is 66.6. The Hall–Kier alpha value is -5.70. The molecule has 4 aromatic carbocycles. The lowest BCUT2D eigenvalue weighted by Gasteiger charge is -2.43. The number of alkyl halides is 3. The van der Waals surface area contributed by atoms with Crippen LogP contribution in [0.2, 0.25) is 5.02 Å². The first-order valence-electron chi connectivity index (χ1n) is 20.1. The van der Waals surface area contributed by atoms with Crippen LogP contribution in [0.25, 0.3) is 0 Å². The normalized spacial score (nSPS) is 15.5. The molecule has 1 aliphatic heterocycles. The molecule has 3 amide bonds. The molecular formula is C43H54ClF3N5O16PS2. The van der Waals surface area contributed by atoms with Crippen LogP contribution in [0.4, 0.5) is 29.3 Å². The fraction of sp³-hybridized carbons (Fsp3) is 0.372. The number of nitro groups is 1. The van der Waals surface area contributed by atoms with E-state index in [4.69, 9.17) is 45.4 Å². The maximum absolute atomic E-state index is 12.7. The quantitative estimate of drug-likeness (QED) is 0.0357. The van der Waals surface area contributed by atoms with Crippen LogP contribution in [-0.4, -0.2) is 111 Å². The van der Waals surface area contributed by atoms with Gasteiger partial charge < -0.3 is 43.7 Å². The van der Waals surface area contributed by atoms with E-state index in [9.17, 15) is 55.5 Å². The molecule has 1 heterocycles. The topological polar surface area (TPSA) is 295 Å². The van der Waals surface area contributed by atoms with Gasteiger partial charge in [-0.3, -0.25) is 29.9 Å². The SMILES string of the molecule is CON(C)C(=O)Nc1ccc(Oc2ccc3c(c2)OC(C)(OC)CC3(C)C)cc1.CS(=O)(=O)NC(=O)c1cc(Oc2ccc(C(F)(F)F)cc2Cl)ccc1[N+](=O)[O-].C[S+](C)C.O=C(O)CNCP(=O)([O-])O. The van der Waals surface area contributed by atoms with Gasteiger partial charge in [-0.25, -0.2) is 23.0 Å². The van der Waals surface area contributed by atoms with E-state index in [0.717, 1.165) is 47.1 Å². The van der Waals surface area contributed by atoms with E-state index in [2.05, 4.69) is 37.9 Å². The summed E-state index contributed by atoms with van der Waals surface area (Å²) >= 11 is 5.76. The second kappa shape index (κ2) is 26.1. The molecule has 2 unspecified atom stereocenters. The van der Waals surface area contributed by atoms with Crippen molar-refractivity contribution in [2.24, 2.45) is 0 Å². The highest BCUT2D eigenvalue weighted by atomic mass is 35.5. The molecule has 0 fully saturated rings. The molecule has 71 heavy (non-hydrogen) atoms. The molecule has 0 spiro atoms. The fourth-order valence-electron chi connectivity index (χ4n) is 5.85. The number of urea groups is 1. The molecule has 0 aromatic heterocycles. The molecule has 392 valence electrons. The van der Waals surface area contributed by atoms with Crippen LogP contribution in [-0.2, 0) is 51.4 Å². The van der Waals surface area contributed by atoms with Gasteiger partial charge >= 0.3 is 18.2 Å². The van der Waals surface area contributed by atoms with Crippen molar-refractivity contribution in [3.05, 3.63) is 111 Å². The Labute approximate surface area is 415 Å². The number of rotatable bonds is 14. The third kappa shape index (κ3) is 21.7. The number of methoxy groups -OCH3 is 1. The van der Waals surface area contributed by atoms with Crippen molar-refractivity contribution < 1.29 is 84.1 Å². The molecule has 5 N–H and O–H groups in total. The number of carboxylic acid groups (broad SMARTS) is 1. The van der Waals surface area contributed by atoms with E-state index in [-0.39, 0.29) is 22.9 Å². The van der Waals surface area contributed by atoms with E-state index < -0.39 is 81.0 Å². The lowest BCUT2D eigenvalue weighted by atomic mass is 9.76. The van der Waals surface area contributed by atoms with Gasteiger partial charge in [-0.15, -0.1) is 0 Å². The molecule has 21 nitrogen and oxygen atoms in total. The number of hydroxylamine groups is 2. The highest BCUT2D eigenvalue weighted by molar-refractivity contribution is 7.94. The highest BCUT2D eigenvalue weighted by Gasteiger charge is 2.42. The lowest BCUT2D eigenvalue weighted by molar-refractivity contribution is -0.385.